The quantitative estimate of drug-likeness (QED) is 0.794. The van der Waals surface area contributed by atoms with Crippen LogP contribution in [0.2, 0.25) is 0 Å². The number of aryl methyl sites for hydroxylation is 1. The number of nitrogens with one attached hydrogen (secondary N) is 1. The van der Waals surface area contributed by atoms with Gasteiger partial charge in [0.15, 0.2) is 0 Å². The van der Waals surface area contributed by atoms with Gasteiger partial charge >= 0.3 is 5.97 Å². The average Bonchev–Trinajstić information content (AvgIpc) is 2.61. The first-order valence-corrected chi connectivity index (χ1v) is 7.74. The molecule has 0 saturated carbocycles. The van der Waals surface area contributed by atoms with Gasteiger partial charge in [0.2, 0.25) is 5.91 Å². The van der Waals surface area contributed by atoms with Crippen molar-refractivity contribution in [1.82, 2.24) is 5.32 Å². The molecule has 0 aliphatic heterocycles. The zero-order chi connectivity index (χ0) is 17.4. The molecule has 0 aromatic heterocycles. The Balaban J connectivity index is 1.99. The maximum atomic E-state index is 13.6. The van der Waals surface area contributed by atoms with Crippen LogP contribution in [0.25, 0.3) is 0 Å². The average molecular weight is 329 g/mol. The van der Waals surface area contributed by atoms with Crippen LogP contribution in [-0.2, 0) is 20.7 Å². The van der Waals surface area contributed by atoms with E-state index >= 15 is 0 Å². The lowest BCUT2D eigenvalue weighted by Crippen LogP contribution is -2.30. The molecule has 4 nitrogen and oxygen atoms in total. The van der Waals surface area contributed by atoms with Crippen LogP contribution in [0, 0.1) is 5.82 Å². The van der Waals surface area contributed by atoms with Crippen molar-refractivity contribution in [2.75, 3.05) is 7.11 Å². The predicted molar refractivity (Wildman–Crippen MR) is 88.7 cm³/mol. The molecule has 1 atom stereocenters. The fraction of sp³-hybridized carbons (Fsp3) is 0.263. The fourth-order valence-electron chi connectivity index (χ4n) is 2.40. The van der Waals surface area contributed by atoms with Gasteiger partial charge < -0.3 is 10.1 Å². The molecular formula is C19H20FNO3. The van der Waals surface area contributed by atoms with E-state index in [4.69, 9.17) is 0 Å². The Morgan fingerprint density at radius 3 is 2.42 bits per heavy atom. The summed E-state index contributed by atoms with van der Waals surface area (Å²) in [4.78, 5) is 23.8. The number of benzene rings is 2. The molecule has 0 aliphatic rings. The molecule has 24 heavy (non-hydrogen) atoms. The van der Waals surface area contributed by atoms with E-state index in [0.29, 0.717) is 12.0 Å². The number of hydrogen-bond donors (Lipinski definition) is 1. The normalized spacial score (nSPS) is 11.6. The SMILES string of the molecule is COC(=O)C[C@H](NC(=O)CCc1ccccc1F)c1ccccc1. The maximum absolute atomic E-state index is 13.6. The van der Waals surface area contributed by atoms with E-state index in [1.54, 1.807) is 18.2 Å². The highest BCUT2D eigenvalue weighted by molar-refractivity contribution is 5.78. The second kappa shape index (κ2) is 8.82. The van der Waals surface area contributed by atoms with Gasteiger partial charge in [-0.05, 0) is 23.6 Å². The standard InChI is InChI=1S/C19H20FNO3/c1-24-19(23)13-17(15-8-3-2-4-9-15)21-18(22)12-11-14-7-5-6-10-16(14)20/h2-10,17H,11-13H2,1H3,(H,21,22)/t17-/m0/s1. The zero-order valence-electron chi connectivity index (χ0n) is 13.5. The third kappa shape index (κ3) is 5.19. The van der Waals surface area contributed by atoms with E-state index in [1.807, 2.05) is 30.3 Å². The Morgan fingerprint density at radius 1 is 1.08 bits per heavy atom. The number of amides is 1. The molecule has 2 rings (SSSR count). The van der Waals surface area contributed by atoms with Crippen LogP contribution in [-0.4, -0.2) is 19.0 Å². The maximum Gasteiger partial charge on any atom is 0.307 e. The Labute approximate surface area is 140 Å². The van der Waals surface area contributed by atoms with Crippen LogP contribution in [0.3, 0.4) is 0 Å². The van der Waals surface area contributed by atoms with E-state index in [9.17, 15) is 14.0 Å². The van der Waals surface area contributed by atoms with E-state index in [2.05, 4.69) is 10.1 Å². The van der Waals surface area contributed by atoms with Gasteiger partial charge in [-0.3, -0.25) is 9.59 Å². The monoisotopic (exact) mass is 329 g/mol. The van der Waals surface area contributed by atoms with Gasteiger partial charge in [0.05, 0.1) is 19.6 Å². The van der Waals surface area contributed by atoms with Crippen molar-refractivity contribution in [2.45, 2.75) is 25.3 Å². The number of carbonyl (C=O) groups excluding carboxylic acids is 2. The van der Waals surface area contributed by atoms with Crippen molar-refractivity contribution in [3.63, 3.8) is 0 Å². The molecule has 1 N–H and O–H groups in total. The highest BCUT2D eigenvalue weighted by Gasteiger charge is 2.18. The Hall–Kier alpha value is -2.69. The van der Waals surface area contributed by atoms with Crippen LogP contribution >= 0.6 is 0 Å². The van der Waals surface area contributed by atoms with E-state index < -0.39 is 12.0 Å². The van der Waals surface area contributed by atoms with Crippen molar-refractivity contribution in [3.8, 4) is 0 Å². The summed E-state index contributed by atoms with van der Waals surface area (Å²) in [6.07, 6.45) is 0.496. The topological polar surface area (TPSA) is 55.4 Å². The lowest BCUT2D eigenvalue weighted by atomic mass is 10.0. The molecular weight excluding hydrogens is 309 g/mol. The number of methoxy groups -OCH3 is 1. The van der Waals surface area contributed by atoms with Crippen LogP contribution in [0.1, 0.15) is 30.0 Å². The van der Waals surface area contributed by atoms with Gasteiger partial charge in [0, 0.05) is 6.42 Å². The summed E-state index contributed by atoms with van der Waals surface area (Å²) in [5.74, 6) is -0.964. The first-order chi connectivity index (χ1) is 11.6. The minimum atomic E-state index is -0.466. The van der Waals surface area contributed by atoms with Gasteiger partial charge in [0.1, 0.15) is 5.82 Å². The predicted octanol–water partition coefficient (Wildman–Crippen LogP) is 3.18. The summed E-state index contributed by atoms with van der Waals surface area (Å²) in [7, 11) is 1.31. The molecule has 0 unspecified atom stereocenters. The molecule has 126 valence electrons. The Bertz CT molecular complexity index is 688. The zero-order valence-corrected chi connectivity index (χ0v) is 13.5. The summed E-state index contributed by atoms with van der Waals surface area (Å²) < 4.78 is 18.3. The van der Waals surface area contributed by atoms with Crippen molar-refractivity contribution < 1.29 is 18.7 Å². The molecule has 0 radical (unpaired) electrons. The van der Waals surface area contributed by atoms with Crippen molar-refractivity contribution in [2.24, 2.45) is 0 Å². The number of ether oxygens (including phenoxy) is 1. The molecule has 2 aromatic carbocycles. The Morgan fingerprint density at radius 2 is 1.75 bits per heavy atom. The third-order valence-corrected chi connectivity index (χ3v) is 3.71. The summed E-state index contributed by atoms with van der Waals surface area (Å²) in [5.41, 5.74) is 1.32. The largest absolute Gasteiger partial charge is 0.469 e. The number of esters is 1. The minimum Gasteiger partial charge on any atom is -0.469 e. The van der Waals surface area contributed by atoms with E-state index in [1.165, 1.54) is 13.2 Å². The molecule has 2 aromatic rings. The van der Waals surface area contributed by atoms with E-state index in [0.717, 1.165) is 5.56 Å². The smallest absolute Gasteiger partial charge is 0.307 e. The molecule has 0 saturated heterocycles. The lowest BCUT2D eigenvalue weighted by Gasteiger charge is -2.18. The summed E-state index contributed by atoms with van der Waals surface area (Å²) in [6.45, 7) is 0. The second-order valence-electron chi connectivity index (χ2n) is 5.40. The van der Waals surface area contributed by atoms with Gasteiger partial charge in [-0.25, -0.2) is 4.39 Å². The molecule has 1 amide bonds. The fourth-order valence-corrected chi connectivity index (χ4v) is 2.40. The van der Waals surface area contributed by atoms with Crippen molar-refractivity contribution in [1.29, 1.82) is 0 Å². The summed E-state index contributed by atoms with van der Waals surface area (Å²) in [5, 5.41) is 2.83. The first kappa shape index (κ1) is 17.7. The van der Waals surface area contributed by atoms with Crippen molar-refractivity contribution in [3.05, 3.63) is 71.5 Å². The highest BCUT2D eigenvalue weighted by atomic mass is 19.1. The minimum absolute atomic E-state index is 0.0476. The van der Waals surface area contributed by atoms with Crippen LogP contribution in [0.5, 0.6) is 0 Å². The van der Waals surface area contributed by atoms with Crippen LogP contribution in [0.15, 0.2) is 54.6 Å². The molecule has 0 spiro atoms. The molecule has 0 aliphatic carbocycles. The van der Waals surface area contributed by atoms with E-state index in [-0.39, 0.29) is 24.6 Å². The van der Waals surface area contributed by atoms with Crippen LogP contribution in [0.4, 0.5) is 4.39 Å². The van der Waals surface area contributed by atoms with Gasteiger partial charge in [-0.15, -0.1) is 0 Å². The number of rotatable bonds is 7. The molecule has 5 heteroatoms. The molecule has 0 fully saturated rings. The van der Waals surface area contributed by atoms with Gasteiger partial charge in [-0.1, -0.05) is 48.5 Å². The van der Waals surface area contributed by atoms with Gasteiger partial charge in [0.25, 0.3) is 0 Å². The Kier molecular flexibility index (Phi) is 6.49. The highest BCUT2D eigenvalue weighted by Crippen LogP contribution is 2.18. The summed E-state index contributed by atoms with van der Waals surface area (Å²) >= 11 is 0. The lowest BCUT2D eigenvalue weighted by molar-refractivity contribution is -0.141. The van der Waals surface area contributed by atoms with Crippen molar-refractivity contribution >= 4 is 11.9 Å². The second-order valence-corrected chi connectivity index (χ2v) is 5.40. The van der Waals surface area contributed by atoms with Crippen LogP contribution < -0.4 is 5.32 Å². The van der Waals surface area contributed by atoms with Gasteiger partial charge in [-0.2, -0.15) is 0 Å². The molecule has 0 heterocycles. The third-order valence-electron chi connectivity index (χ3n) is 3.71. The number of carbonyl (C=O) groups is 2. The number of halogens is 1. The summed E-state index contributed by atoms with van der Waals surface area (Å²) in [6, 6.07) is 15.1. The first-order valence-electron chi connectivity index (χ1n) is 7.74. The number of hydrogen-bond acceptors (Lipinski definition) is 3. The molecule has 0 bridgehead atoms.